The topological polar surface area (TPSA) is 57.0 Å². The third-order valence-electron chi connectivity index (χ3n) is 3.40. The third kappa shape index (κ3) is 2.87. The van der Waals surface area contributed by atoms with Crippen molar-refractivity contribution in [3.63, 3.8) is 0 Å². The van der Waals surface area contributed by atoms with Crippen molar-refractivity contribution in [3.05, 3.63) is 29.8 Å². The molecule has 0 aromatic carbocycles. The van der Waals surface area contributed by atoms with Crippen molar-refractivity contribution in [2.75, 3.05) is 19.3 Å². The van der Waals surface area contributed by atoms with Crippen LogP contribution in [0.15, 0.2) is 18.3 Å². The molecule has 19 heavy (non-hydrogen) atoms. The van der Waals surface area contributed by atoms with E-state index in [1.165, 1.54) is 12.1 Å². The van der Waals surface area contributed by atoms with Gasteiger partial charge in [-0.25, -0.2) is 9.37 Å². The molecule has 2 rings (SSSR count). The molecule has 1 aromatic heterocycles. The number of halogens is 1. The lowest BCUT2D eigenvalue weighted by atomic mass is 9.97. The number of hydrogen-bond acceptors (Lipinski definition) is 4. The monoisotopic (exact) mass is 279 g/mol. The fourth-order valence-corrected chi connectivity index (χ4v) is 2.78. The molecule has 1 aliphatic heterocycles. The van der Waals surface area contributed by atoms with E-state index in [4.69, 9.17) is 0 Å². The summed E-state index contributed by atoms with van der Waals surface area (Å²) in [6.07, 6.45) is 4.26. The molecule has 0 atom stereocenters. The number of pyridine rings is 1. The summed E-state index contributed by atoms with van der Waals surface area (Å²) in [4.78, 5) is 17.6. The molecule has 1 aromatic rings. The highest BCUT2D eigenvalue weighted by Crippen LogP contribution is 2.34. The number of piperidine rings is 1. The molecule has 0 bridgehead atoms. The largest absolute Gasteiger partial charge is 0.337 e. The lowest BCUT2D eigenvalue weighted by Crippen LogP contribution is -2.44. The summed E-state index contributed by atoms with van der Waals surface area (Å²) < 4.78 is 12.4. The Labute approximate surface area is 115 Å². The zero-order valence-corrected chi connectivity index (χ0v) is 11.4. The lowest BCUT2D eigenvalue weighted by molar-refractivity contribution is 0.0710. The molecule has 1 fully saturated rings. The van der Waals surface area contributed by atoms with Gasteiger partial charge in [0.2, 0.25) is 0 Å². The van der Waals surface area contributed by atoms with Gasteiger partial charge in [-0.05, 0) is 31.2 Å². The second kappa shape index (κ2) is 5.57. The van der Waals surface area contributed by atoms with Gasteiger partial charge in [-0.1, -0.05) is 0 Å². The van der Waals surface area contributed by atoms with E-state index in [-0.39, 0.29) is 16.3 Å². The van der Waals surface area contributed by atoms with Crippen LogP contribution in [0.2, 0.25) is 0 Å². The van der Waals surface area contributed by atoms with Crippen LogP contribution in [0, 0.1) is 17.1 Å². The Morgan fingerprint density at radius 3 is 2.68 bits per heavy atom. The Morgan fingerprint density at radius 2 is 2.21 bits per heavy atom. The van der Waals surface area contributed by atoms with Crippen LogP contribution in [-0.4, -0.2) is 39.9 Å². The molecule has 0 N–H and O–H groups in total. The van der Waals surface area contributed by atoms with Crippen molar-refractivity contribution in [2.24, 2.45) is 0 Å². The van der Waals surface area contributed by atoms with Crippen molar-refractivity contribution in [3.8, 4) is 6.07 Å². The van der Waals surface area contributed by atoms with Crippen molar-refractivity contribution >= 4 is 17.7 Å². The maximum Gasteiger partial charge on any atom is 0.272 e. The number of thioether (sulfide) groups is 1. The number of hydrogen-bond donors (Lipinski definition) is 0. The molecule has 1 aliphatic rings. The number of carbonyl (C=O) groups excluding carboxylic acids is 1. The Hall–Kier alpha value is -1.61. The molecule has 0 aliphatic carbocycles. The molecule has 2 heterocycles. The van der Waals surface area contributed by atoms with Gasteiger partial charge in [0, 0.05) is 13.1 Å². The van der Waals surface area contributed by atoms with Crippen LogP contribution in [0.5, 0.6) is 0 Å². The summed E-state index contributed by atoms with van der Waals surface area (Å²) in [5, 5.41) is 9.19. The highest BCUT2D eigenvalue weighted by atomic mass is 32.2. The van der Waals surface area contributed by atoms with Crippen LogP contribution in [0.25, 0.3) is 0 Å². The van der Waals surface area contributed by atoms with Gasteiger partial charge in [0.25, 0.3) is 5.91 Å². The SMILES string of the molecule is CSC1(C#N)CCN(C(=O)c2ccc(F)cn2)CC1. The summed E-state index contributed by atoms with van der Waals surface area (Å²) in [6, 6.07) is 4.95. The first kappa shape index (κ1) is 13.8. The molecule has 100 valence electrons. The maximum atomic E-state index is 12.8. The minimum Gasteiger partial charge on any atom is -0.337 e. The lowest BCUT2D eigenvalue weighted by Gasteiger charge is -2.35. The number of likely N-dealkylation sites (tertiary alicyclic amines) is 1. The molecule has 0 saturated carbocycles. The van der Waals surface area contributed by atoms with E-state index in [2.05, 4.69) is 11.1 Å². The fraction of sp³-hybridized carbons (Fsp3) is 0.462. The van der Waals surface area contributed by atoms with Gasteiger partial charge in [-0.3, -0.25) is 4.79 Å². The molecular formula is C13H14FN3OS. The van der Waals surface area contributed by atoms with Crippen LogP contribution in [0.1, 0.15) is 23.3 Å². The predicted octanol–water partition coefficient (Wildman–Crippen LogP) is 2.08. The molecule has 1 amide bonds. The second-order valence-electron chi connectivity index (χ2n) is 4.46. The minimum absolute atomic E-state index is 0.201. The van der Waals surface area contributed by atoms with E-state index in [1.807, 2.05) is 6.26 Å². The first-order chi connectivity index (χ1) is 9.10. The van der Waals surface area contributed by atoms with Crippen LogP contribution in [0.4, 0.5) is 4.39 Å². The summed E-state index contributed by atoms with van der Waals surface area (Å²) in [6.45, 7) is 1.07. The third-order valence-corrected chi connectivity index (χ3v) is 4.68. The number of aromatic nitrogens is 1. The number of amides is 1. The standard InChI is InChI=1S/C13H14FN3OS/c1-19-13(9-15)4-6-17(7-5-13)12(18)11-3-2-10(14)8-16-11/h2-3,8H,4-7H2,1H3. The van der Waals surface area contributed by atoms with Crippen molar-refractivity contribution in [1.82, 2.24) is 9.88 Å². The zero-order chi connectivity index (χ0) is 13.9. The van der Waals surface area contributed by atoms with Gasteiger partial charge in [0.1, 0.15) is 16.3 Å². The Kier molecular flexibility index (Phi) is 4.05. The van der Waals surface area contributed by atoms with E-state index in [0.29, 0.717) is 25.9 Å². The molecular weight excluding hydrogens is 265 g/mol. The first-order valence-electron chi connectivity index (χ1n) is 5.97. The van der Waals surface area contributed by atoms with Gasteiger partial charge in [-0.2, -0.15) is 5.26 Å². The normalized spacial score (nSPS) is 17.8. The van der Waals surface area contributed by atoms with Gasteiger partial charge in [0.15, 0.2) is 0 Å². The summed E-state index contributed by atoms with van der Waals surface area (Å²) >= 11 is 1.54. The first-order valence-corrected chi connectivity index (χ1v) is 7.20. The van der Waals surface area contributed by atoms with Crippen LogP contribution < -0.4 is 0 Å². The van der Waals surface area contributed by atoms with Gasteiger partial charge in [-0.15, -0.1) is 11.8 Å². The molecule has 0 radical (unpaired) electrons. The van der Waals surface area contributed by atoms with Crippen LogP contribution in [-0.2, 0) is 0 Å². The van der Waals surface area contributed by atoms with E-state index in [9.17, 15) is 14.4 Å². The Bertz CT molecular complexity index is 504. The van der Waals surface area contributed by atoms with Crippen molar-refractivity contribution in [1.29, 1.82) is 5.26 Å². The van der Waals surface area contributed by atoms with E-state index in [0.717, 1.165) is 6.20 Å². The highest BCUT2D eigenvalue weighted by Gasteiger charge is 2.35. The van der Waals surface area contributed by atoms with Crippen LogP contribution >= 0.6 is 11.8 Å². The average molecular weight is 279 g/mol. The molecule has 6 heteroatoms. The summed E-state index contributed by atoms with van der Waals surface area (Å²) in [7, 11) is 0. The van der Waals surface area contributed by atoms with Gasteiger partial charge in [0.05, 0.1) is 12.3 Å². The van der Waals surface area contributed by atoms with Gasteiger partial charge >= 0.3 is 0 Å². The highest BCUT2D eigenvalue weighted by molar-refractivity contribution is 8.00. The number of nitrogens with zero attached hydrogens (tertiary/aromatic N) is 3. The molecule has 4 nitrogen and oxygen atoms in total. The Balaban J connectivity index is 2.04. The average Bonchev–Trinajstić information content (AvgIpc) is 2.47. The van der Waals surface area contributed by atoms with Crippen LogP contribution in [0.3, 0.4) is 0 Å². The summed E-state index contributed by atoms with van der Waals surface area (Å²) in [5.74, 6) is -0.659. The van der Waals surface area contributed by atoms with E-state index in [1.54, 1.807) is 16.7 Å². The maximum absolute atomic E-state index is 12.8. The quantitative estimate of drug-likeness (QED) is 0.831. The number of nitriles is 1. The molecule has 0 unspecified atom stereocenters. The van der Waals surface area contributed by atoms with Crippen molar-refractivity contribution in [2.45, 2.75) is 17.6 Å². The second-order valence-corrected chi connectivity index (χ2v) is 5.65. The molecule has 0 spiro atoms. The fourth-order valence-electron chi connectivity index (χ4n) is 2.10. The van der Waals surface area contributed by atoms with E-state index < -0.39 is 5.82 Å². The minimum atomic E-state index is -0.457. The number of rotatable bonds is 2. The smallest absolute Gasteiger partial charge is 0.272 e. The Morgan fingerprint density at radius 1 is 1.53 bits per heavy atom. The molecule has 1 saturated heterocycles. The van der Waals surface area contributed by atoms with E-state index >= 15 is 0 Å². The number of carbonyl (C=O) groups is 1. The summed E-state index contributed by atoms with van der Waals surface area (Å²) in [5.41, 5.74) is 0.245. The zero-order valence-electron chi connectivity index (χ0n) is 10.6. The van der Waals surface area contributed by atoms with Gasteiger partial charge < -0.3 is 4.90 Å². The van der Waals surface area contributed by atoms with Crippen molar-refractivity contribution < 1.29 is 9.18 Å². The predicted molar refractivity (Wildman–Crippen MR) is 71.2 cm³/mol.